The Morgan fingerprint density at radius 3 is 2.65 bits per heavy atom. The number of nitrogens with zero attached hydrogens (tertiary/aromatic N) is 7. The largest absolute Gasteiger partial charge is 0.461 e. The summed E-state index contributed by atoms with van der Waals surface area (Å²) in [6.45, 7) is 4.13. The first-order valence-electron chi connectivity index (χ1n) is 15.0. The average Bonchev–Trinajstić information content (AvgIpc) is 3.78. The Hall–Kier alpha value is -5.59. The van der Waals surface area contributed by atoms with E-state index in [1.54, 1.807) is 55.6 Å². The normalized spacial score (nSPS) is 13.5. The number of anilines is 1. The fourth-order valence-electron chi connectivity index (χ4n) is 5.08. The molecule has 2 aromatic carbocycles. The van der Waals surface area contributed by atoms with Gasteiger partial charge in [-0.25, -0.2) is 23.5 Å². The smallest absolute Gasteiger partial charge is 0.418 e. The van der Waals surface area contributed by atoms with Crippen molar-refractivity contribution in [1.82, 2.24) is 19.7 Å². The number of hydrogen-bond acceptors (Lipinski definition) is 10. The van der Waals surface area contributed by atoms with Crippen molar-refractivity contribution in [2.75, 3.05) is 11.9 Å². The van der Waals surface area contributed by atoms with Crippen LogP contribution in [0, 0.1) is 23.0 Å². The molecule has 49 heavy (non-hydrogen) atoms. The van der Waals surface area contributed by atoms with Gasteiger partial charge in [0.2, 0.25) is 12.6 Å². The van der Waals surface area contributed by atoms with E-state index in [-0.39, 0.29) is 24.5 Å². The quantitative estimate of drug-likeness (QED) is 0.143. The van der Waals surface area contributed by atoms with Gasteiger partial charge < -0.3 is 14.6 Å². The minimum Gasteiger partial charge on any atom is -0.461 e. The van der Waals surface area contributed by atoms with Crippen LogP contribution < -0.4 is 9.47 Å². The first-order chi connectivity index (χ1) is 23.4. The molecule has 3 aromatic heterocycles. The first-order valence-corrected chi connectivity index (χ1v) is 15.9. The van der Waals surface area contributed by atoms with Crippen LogP contribution >= 0.6 is 11.3 Å². The van der Waals surface area contributed by atoms with Gasteiger partial charge in [0.25, 0.3) is 6.33 Å². The molecule has 1 N–H and O–H groups in total. The summed E-state index contributed by atoms with van der Waals surface area (Å²) in [6, 6.07) is 15.1. The van der Waals surface area contributed by atoms with Crippen molar-refractivity contribution in [3.8, 4) is 17.3 Å². The van der Waals surface area contributed by atoms with Crippen molar-refractivity contribution in [1.29, 1.82) is 5.26 Å². The Morgan fingerprint density at radius 2 is 1.94 bits per heavy atom. The number of halogens is 2. The molecule has 0 aliphatic rings. The van der Waals surface area contributed by atoms with E-state index < -0.39 is 41.4 Å². The Bertz CT molecular complexity index is 2010. The van der Waals surface area contributed by atoms with Crippen LogP contribution in [-0.4, -0.2) is 44.0 Å². The number of pyridine rings is 1. The maximum Gasteiger partial charge on any atom is 0.418 e. The molecule has 0 spiro atoms. The third kappa shape index (κ3) is 7.77. The van der Waals surface area contributed by atoms with Gasteiger partial charge in [-0.2, -0.15) is 9.83 Å². The summed E-state index contributed by atoms with van der Waals surface area (Å²) >= 11 is 1.25. The topological polar surface area (TPSA) is 147 Å². The molecule has 15 heteroatoms. The second-order valence-electron chi connectivity index (χ2n) is 11.2. The number of aromatic nitrogens is 5. The molecule has 0 fully saturated rings. The highest BCUT2D eigenvalue weighted by atomic mass is 32.1. The molecule has 0 aliphatic heterocycles. The second-order valence-corrected chi connectivity index (χ2v) is 12.1. The molecule has 5 rings (SSSR count). The molecule has 1 unspecified atom stereocenters. The summed E-state index contributed by atoms with van der Waals surface area (Å²) in [5.74, 6) is -2.64. The van der Waals surface area contributed by atoms with E-state index in [2.05, 4.69) is 21.1 Å². The van der Waals surface area contributed by atoms with Gasteiger partial charge in [0.1, 0.15) is 36.2 Å². The molecule has 252 valence electrons. The lowest BCUT2D eigenvalue weighted by Crippen LogP contribution is -2.42. The molecule has 1 amide bonds. The zero-order valence-electron chi connectivity index (χ0n) is 26.9. The van der Waals surface area contributed by atoms with E-state index in [9.17, 15) is 19.1 Å². The average molecular weight is 689 g/mol. The zero-order valence-corrected chi connectivity index (χ0v) is 27.8. The summed E-state index contributed by atoms with van der Waals surface area (Å²) < 4.78 is 43.2. The summed E-state index contributed by atoms with van der Waals surface area (Å²) in [5.41, 5.74) is 0.0217. The molecule has 0 saturated heterocycles. The molecule has 0 radical (unpaired) electrons. The molecule has 0 saturated carbocycles. The molecule has 3 atom stereocenters. The van der Waals surface area contributed by atoms with E-state index in [0.29, 0.717) is 21.8 Å². The van der Waals surface area contributed by atoms with Crippen molar-refractivity contribution in [3.63, 3.8) is 0 Å². The van der Waals surface area contributed by atoms with Gasteiger partial charge in [-0.05, 0) is 36.4 Å². The van der Waals surface area contributed by atoms with Crippen LogP contribution in [0.25, 0.3) is 11.3 Å². The number of esters is 1. The van der Waals surface area contributed by atoms with Crippen LogP contribution in [0.2, 0.25) is 0 Å². The predicted molar refractivity (Wildman–Crippen MR) is 173 cm³/mol. The van der Waals surface area contributed by atoms with E-state index in [0.717, 1.165) is 23.8 Å². The van der Waals surface area contributed by atoms with Crippen LogP contribution in [0.5, 0.6) is 0 Å². The highest BCUT2D eigenvalue weighted by Crippen LogP contribution is 2.41. The molecule has 3 heterocycles. The predicted octanol–water partition coefficient (Wildman–Crippen LogP) is 5.39. The number of ether oxygens (including phenoxy) is 2. The number of aliphatic hydroxyl groups is 1. The summed E-state index contributed by atoms with van der Waals surface area (Å²) in [7, 11) is 1.46. The van der Waals surface area contributed by atoms with Crippen LogP contribution in [0.15, 0.2) is 78.8 Å². The van der Waals surface area contributed by atoms with Gasteiger partial charge in [-0.1, -0.05) is 25.1 Å². The summed E-state index contributed by atoms with van der Waals surface area (Å²) in [4.78, 5) is 34.4. The van der Waals surface area contributed by atoms with Crippen molar-refractivity contribution in [3.05, 3.63) is 112 Å². The number of thiazole rings is 1. The van der Waals surface area contributed by atoms with Gasteiger partial charge in [-0.3, -0.25) is 9.69 Å². The van der Waals surface area contributed by atoms with E-state index in [1.807, 2.05) is 0 Å². The Morgan fingerprint density at radius 1 is 1.18 bits per heavy atom. The van der Waals surface area contributed by atoms with Gasteiger partial charge in [0.05, 0.1) is 22.3 Å². The van der Waals surface area contributed by atoms with Crippen LogP contribution in [0.1, 0.15) is 54.6 Å². The Balaban J connectivity index is 1.37. The number of hydrogen-bond donors (Lipinski definition) is 1. The molecular weight excluding hydrogens is 656 g/mol. The molecule has 12 nitrogen and oxygen atoms in total. The van der Waals surface area contributed by atoms with Crippen molar-refractivity contribution in [2.24, 2.45) is 0 Å². The van der Waals surface area contributed by atoms with E-state index in [1.165, 1.54) is 58.3 Å². The number of benzene rings is 2. The van der Waals surface area contributed by atoms with Crippen molar-refractivity contribution in [2.45, 2.75) is 51.7 Å². The minimum absolute atomic E-state index is 0.0851. The van der Waals surface area contributed by atoms with Gasteiger partial charge in [0.15, 0.2) is 0 Å². The third-order valence-corrected chi connectivity index (χ3v) is 8.92. The van der Waals surface area contributed by atoms with Crippen LogP contribution in [0.3, 0.4) is 0 Å². The molecule has 0 bridgehead atoms. The highest BCUT2D eigenvalue weighted by Gasteiger charge is 2.43. The van der Waals surface area contributed by atoms with Crippen LogP contribution in [-0.2, 0) is 33.0 Å². The van der Waals surface area contributed by atoms with E-state index in [4.69, 9.17) is 14.7 Å². The molecule has 5 aromatic rings. The number of rotatable bonds is 11. The SMILES string of the molecule is CC(=O)OCc1cccnc1N(C)C(=O)OC(C)[n+]1cnn(C[C@](O)(c2cc(F)ccc2F)[C@H](C)c2nc(-c3ccc(C#N)cc3)cs2)c1. The number of amides is 1. The van der Waals surface area contributed by atoms with Gasteiger partial charge in [0, 0.05) is 60.2 Å². The summed E-state index contributed by atoms with van der Waals surface area (Å²) in [5, 5.41) is 27.9. The number of nitriles is 1. The highest BCUT2D eigenvalue weighted by molar-refractivity contribution is 7.10. The maximum absolute atomic E-state index is 15.3. The van der Waals surface area contributed by atoms with Gasteiger partial charge in [-0.15, -0.1) is 16.0 Å². The lowest BCUT2D eigenvalue weighted by Gasteiger charge is -2.32. The monoisotopic (exact) mass is 688 g/mol. The van der Waals surface area contributed by atoms with Gasteiger partial charge >= 0.3 is 12.1 Å². The lowest BCUT2D eigenvalue weighted by atomic mass is 9.82. The minimum atomic E-state index is -2.03. The Labute approximate surface area is 284 Å². The van der Waals surface area contributed by atoms with Crippen LogP contribution in [0.4, 0.5) is 19.4 Å². The number of carbonyl (C=O) groups excluding carboxylic acids is 2. The third-order valence-electron chi connectivity index (χ3n) is 7.90. The van der Waals surface area contributed by atoms with Crippen molar-refractivity contribution < 1.29 is 37.5 Å². The Kier molecular flexibility index (Phi) is 10.4. The number of carbonyl (C=O) groups is 2. The fraction of sp³-hybridized carbons (Fsp3) is 0.265. The zero-order chi connectivity index (χ0) is 35.3. The second kappa shape index (κ2) is 14.7. The standard InChI is InChI=1S/C34H32F2N7O5S/c1-21(32-40-30(17-49-32)25-9-7-24(15-37)8-10-25)34(46,28-14-27(35)11-12-29(28)36)18-43-20-42(19-39-43)22(2)48-33(45)41(4)31-26(6-5-13-38-31)16-47-23(3)44/h5-14,17,19-22,46H,16,18H2,1-4H3/q+1/t21-,22?,34-/m1/s1. The van der Waals surface area contributed by atoms with Crippen molar-refractivity contribution >= 4 is 29.2 Å². The fourth-order valence-corrected chi connectivity index (χ4v) is 6.05. The maximum atomic E-state index is 15.3. The van der Waals surface area contributed by atoms with E-state index >= 15 is 4.39 Å². The summed E-state index contributed by atoms with van der Waals surface area (Å²) in [6.07, 6.45) is 2.66. The molecule has 0 aliphatic carbocycles. The lowest BCUT2D eigenvalue weighted by molar-refractivity contribution is -0.753. The first kappa shape index (κ1) is 34.7. The molecular formula is C34H32F2N7O5S+.